The van der Waals surface area contributed by atoms with Crippen molar-refractivity contribution in [2.75, 3.05) is 11.9 Å². The highest BCUT2D eigenvalue weighted by atomic mass is 79.9. The van der Waals surface area contributed by atoms with E-state index in [1.807, 2.05) is 6.07 Å². The molecule has 0 spiro atoms. The summed E-state index contributed by atoms with van der Waals surface area (Å²) in [5.74, 6) is 0.309. The predicted octanol–water partition coefficient (Wildman–Crippen LogP) is 3.29. The highest BCUT2D eigenvalue weighted by molar-refractivity contribution is 9.09. The lowest BCUT2D eigenvalue weighted by Gasteiger charge is -2.28. The van der Waals surface area contributed by atoms with Gasteiger partial charge in [0.25, 0.3) is 0 Å². The van der Waals surface area contributed by atoms with Gasteiger partial charge in [-0.05, 0) is 23.3 Å². The van der Waals surface area contributed by atoms with E-state index >= 15 is 0 Å². The third kappa shape index (κ3) is 1.83. The van der Waals surface area contributed by atoms with Crippen molar-refractivity contribution in [3.8, 4) is 5.75 Å². The van der Waals surface area contributed by atoms with Gasteiger partial charge in [0.2, 0.25) is 0 Å². The zero-order chi connectivity index (χ0) is 10.1. The Labute approximate surface area is 99.5 Å². The Morgan fingerprint density at radius 2 is 2.21 bits per heavy atom. The summed E-state index contributed by atoms with van der Waals surface area (Å²) in [6.07, 6.45) is 0.0967. The first-order valence-corrected chi connectivity index (χ1v) is 6.40. The molecule has 2 atom stereocenters. The van der Waals surface area contributed by atoms with E-state index in [0.29, 0.717) is 12.4 Å². The zero-order valence-electron chi connectivity index (χ0n) is 7.41. The lowest BCUT2D eigenvalue weighted by atomic mass is 9.98. The Balaban J connectivity index is 2.45. The van der Waals surface area contributed by atoms with Crippen LogP contribution in [-0.2, 0) is 4.74 Å². The largest absolute Gasteiger partial charge is 0.508 e. The van der Waals surface area contributed by atoms with Crippen molar-refractivity contribution >= 4 is 31.9 Å². The van der Waals surface area contributed by atoms with Gasteiger partial charge in [-0.3, -0.25) is 0 Å². The van der Waals surface area contributed by atoms with E-state index < -0.39 is 0 Å². The molecule has 1 aromatic carbocycles. The second-order valence-electron chi connectivity index (χ2n) is 3.26. The molecule has 1 heterocycles. The van der Waals surface area contributed by atoms with Crippen LogP contribution in [0.1, 0.15) is 22.1 Å². The number of phenolic OH excluding ortho intramolecular Hbond substituents is 1. The number of halogens is 2. The molecule has 0 saturated carbocycles. The Morgan fingerprint density at radius 1 is 1.43 bits per heavy atom. The summed E-state index contributed by atoms with van der Waals surface area (Å²) in [4.78, 5) is 0.180. The number of alkyl halides is 2. The lowest BCUT2D eigenvalue weighted by Crippen LogP contribution is -2.18. The predicted molar refractivity (Wildman–Crippen MR) is 62.3 cm³/mol. The molecule has 1 aliphatic heterocycles. The van der Waals surface area contributed by atoms with Gasteiger partial charge in [-0.2, -0.15) is 0 Å². The van der Waals surface area contributed by atoms with Crippen LogP contribution in [0.15, 0.2) is 18.2 Å². The Hall–Kier alpha value is -0.0600. The fraction of sp³-hybridized carbons (Fsp3) is 0.400. The Bertz CT molecular complexity index is 341. The minimum Gasteiger partial charge on any atom is -0.508 e. The van der Waals surface area contributed by atoms with Gasteiger partial charge in [-0.15, -0.1) is 0 Å². The summed E-state index contributed by atoms with van der Waals surface area (Å²) in [7, 11) is 0. The molecule has 76 valence electrons. The van der Waals surface area contributed by atoms with Gasteiger partial charge >= 0.3 is 0 Å². The molecule has 0 saturated heterocycles. The van der Waals surface area contributed by atoms with Crippen LogP contribution in [0.5, 0.6) is 5.75 Å². The van der Waals surface area contributed by atoms with Gasteiger partial charge in [-0.25, -0.2) is 0 Å². The van der Waals surface area contributed by atoms with E-state index in [-0.39, 0.29) is 10.9 Å². The highest BCUT2D eigenvalue weighted by Crippen LogP contribution is 2.39. The summed E-state index contributed by atoms with van der Waals surface area (Å²) < 4.78 is 5.63. The van der Waals surface area contributed by atoms with Gasteiger partial charge in [0.15, 0.2) is 0 Å². The third-order valence-electron chi connectivity index (χ3n) is 2.34. The van der Waals surface area contributed by atoms with Gasteiger partial charge in [0.05, 0.1) is 17.5 Å². The molecule has 2 rings (SSSR count). The molecule has 14 heavy (non-hydrogen) atoms. The van der Waals surface area contributed by atoms with Crippen molar-refractivity contribution < 1.29 is 9.84 Å². The van der Waals surface area contributed by atoms with Crippen LogP contribution < -0.4 is 0 Å². The fourth-order valence-corrected chi connectivity index (χ4v) is 2.72. The van der Waals surface area contributed by atoms with Crippen molar-refractivity contribution in [3.63, 3.8) is 0 Å². The van der Waals surface area contributed by atoms with Gasteiger partial charge in [0, 0.05) is 5.33 Å². The molecule has 1 N–H and O–H groups in total. The molecular weight excluding hydrogens is 312 g/mol. The second-order valence-corrected chi connectivity index (χ2v) is 5.01. The average molecular weight is 322 g/mol. The van der Waals surface area contributed by atoms with Crippen molar-refractivity contribution in [2.45, 2.75) is 10.9 Å². The van der Waals surface area contributed by atoms with E-state index in [9.17, 15) is 5.11 Å². The first-order valence-electron chi connectivity index (χ1n) is 4.37. The van der Waals surface area contributed by atoms with Crippen LogP contribution in [0.2, 0.25) is 0 Å². The van der Waals surface area contributed by atoms with Gasteiger partial charge in [-0.1, -0.05) is 37.9 Å². The van der Waals surface area contributed by atoms with Crippen LogP contribution in [0.3, 0.4) is 0 Å². The monoisotopic (exact) mass is 320 g/mol. The van der Waals surface area contributed by atoms with Gasteiger partial charge in [0.1, 0.15) is 5.75 Å². The van der Waals surface area contributed by atoms with Crippen LogP contribution in [0.25, 0.3) is 0 Å². The zero-order valence-corrected chi connectivity index (χ0v) is 10.6. The average Bonchev–Trinajstić information content (AvgIpc) is 2.19. The van der Waals surface area contributed by atoms with Crippen molar-refractivity contribution in [2.24, 2.45) is 0 Å². The maximum atomic E-state index is 9.39. The summed E-state index contributed by atoms with van der Waals surface area (Å²) in [5, 5.41) is 10.2. The number of hydrogen-bond acceptors (Lipinski definition) is 2. The molecule has 0 aliphatic carbocycles. The standard InChI is InChI=1S/C10H10Br2O2/c11-4-10-7-2-1-6(13)3-8(7)9(12)5-14-10/h1-3,9-10,13H,4-5H2. The van der Waals surface area contributed by atoms with Crippen LogP contribution in [-0.4, -0.2) is 17.0 Å². The number of benzene rings is 1. The van der Waals surface area contributed by atoms with Gasteiger partial charge < -0.3 is 9.84 Å². The molecule has 1 aliphatic rings. The molecule has 2 unspecified atom stereocenters. The Morgan fingerprint density at radius 3 is 2.93 bits per heavy atom. The van der Waals surface area contributed by atoms with Crippen molar-refractivity contribution in [1.29, 1.82) is 0 Å². The molecule has 0 bridgehead atoms. The van der Waals surface area contributed by atoms with E-state index in [0.717, 1.165) is 16.5 Å². The topological polar surface area (TPSA) is 29.5 Å². The molecule has 0 fully saturated rings. The molecule has 0 amide bonds. The van der Waals surface area contributed by atoms with E-state index in [1.165, 1.54) is 0 Å². The quantitative estimate of drug-likeness (QED) is 0.804. The van der Waals surface area contributed by atoms with Crippen molar-refractivity contribution in [3.05, 3.63) is 29.3 Å². The molecule has 2 nitrogen and oxygen atoms in total. The minimum absolute atomic E-state index is 0.0967. The summed E-state index contributed by atoms with van der Waals surface area (Å²) in [6, 6.07) is 5.42. The van der Waals surface area contributed by atoms with E-state index in [4.69, 9.17) is 4.74 Å². The molecule has 4 heteroatoms. The maximum Gasteiger partial charge on any atom is 0.115 e. The Kier molecular flexibility index (Phi) is 3.14. The molecule has 1 aromatic rings. The fourth-order valence-electron chi connectivity index (χ4n) is 1.63. The highest BCUT2D eigenvalue weighted by Gasteiger charge is 2.25. The SMILES string of the molecule is Oc1ccc2c(c1)C(Br)COC2CBr. The van der Waals surface area contributed by atoms with Crippen LogP contribution in [0, 0.1) is 0 Å². The maximum absolute atomic E-state index is 9.39. The summed E-state index contributed by atoms with van der Waals surface area (Å²) in [5.41, 5.74) is 2.27. The van der Waals surface area contributed by atoms with E-state index in [1.54, 1.807) is 12.1 Å². The number of aromatic hydroxyl groups is 1. The summed E-state index contributed by atoms with van der Waals surface area (Å²) >= 11 is 6.94. The third-order valence-corrected chi connectivity index (χ3v) is 3.68. The first kappa shape index (κ1) is 10.5. The number of rotatable bonds is 1. The van der Waals surface area contributed by atoms with E-state index in [2.05, 4.69) is 31.9 Å². The number of hydrogen-bond donors (Lipinski definition) is 1. The first-order chi connectivity index (χ1) is 6.72. The molecule has 0 aromatic heterocycles. The molecular formula is C10H10Br2O2. The van der Waals surface area contributed by atoms with Crippen LogP contribution in [0.4, 0.5) is 0 Å². The van der Waals surface area contributed by atoms with Crippen molar-refractivity contribution in [1.82, 2.24) is 0 Å². The number of ether oxygens (including phenoxy) is 1. The van der Waals surface area contributed by atoms with Crippen LogP contribution >= 0.6 is 31.9 Å². The molecule has 0 radical (unpaired) electrons. The smallest absolute Gasteiger partial charge is 0.115 e. The number of fused-ring (bicyclic) bond motifs is 1. The number of phenols is 1. The lowest BCUT2D eigenvalue weighted by molar-refractivity contribution is 0.0588. The minimum atomic E-state index is 0.0967. The second kappa shape index (κ2) is 4.21. The summed E-state index contributed by atoms with van der Waals surface area (Å²) in [6.45, 7) is 0.646. The normalized spacial score (nSPS) is 25.9.